The van der Waals surface area contributed by atoms with Crippen LogP contribution in [0.5, 0.6) is 0 Å². The summed E-state index contributed by atoms with van der Waals surface area (Å²) in [5.74, 6) is 0.142. The fourth-order valence-electron chi connectivity index (χ4n) is 3.43. The molecule has 1 heterocycles. The van der Waals surface area contributed by atoms with Crippen molar-refractivity contribution in [2.45, 2.75) is 45.2 Å². The van der Waals surface area contributed by atoms with E-state index in [1.54, 1.807) is 0 Å². The first-order valence-corrected chi connectivity index (χ1v) is 9.78. The zero-order valence-corrected chi connectivity index (χ0v) is 16.1. The van der Waals surface area contributed by atoms with Gasteiger partial charge < -0.3 is 5.32 Å². The van der Waals surface area contributed by atoms with Gasteiger partial charge in [0.2, 0.25) is 5.91 Å². The lowest BCUT2D eigenvalue weighted by Crippen LogP contribution is -2.44. The summed E-state index contributed by atoms with van der Waals surface area (Å²) < 4.78 is 0. The van der Waals surface area contributed by atoms with E-state index in [1.165, 1.54) is 5.56 Å². The summed E-state index contributed by atoms with van der Waals surface area (Å²) in [4.78, 5) is 14.7. The first kappa shape index (κ1) is 18.9. The third kappa shape index (κ3) is 5.58. The summed E-state index contributed by atoms with van der Waals surface area (Å²) in [6.07, 6.45) is 3.30. The molecule has 0 unspecified atom stereocenters. The number of hydrogen-bond donors (Lipinski definition) is 1. The number of halogens is 1. The molecular weight excluding hydrogens is 344 g/mol. The predicted molar refractivity (Wildman–Crippen MR) is 107 cm³/mol. The van der Waals surface area contributed by atoms with Crippen molar-refractivity contribution in [3.63, 3.8) is 0 Å². The summed E-state index contributed by atoms with van der Waals surface area (Å²) in [5, 5.41) is 3.97. The summed E-state index contributed by atoms with van der Waals surface area (Å²) >= 11 is 6.15. The van der Waals surface area contributed by atoms with Crippen molar-refractivity contribution in [1.29, 1.82) is 0 Å². The fraction of sp³-hybridized carbons (Fsp3) is 0.409. The van der Waals surface area contributed by atoms with Gasteiger partial charge in [-0.05, 0) is 48.9 Å². The second-order valence-corrected chi connectivity index (χ2v) is 7.59. The molecule has 3 rings (SSSR count). The second-order valence-electron chi connectivity index (χ2n) is 7.19. The molecule has 0 aliphatic carbocycles. The van der Waals surface area contributed by atoms with Gasteiger partial charge in [0.15, 0.2) is 0 Å². The van der Waals surface area contributed by atoms with Gasteiger partial charge in [0.1, 0.15) is 0 Å². The molecular formula is C22H27ClN2O. The van der Waals surface area contributed by atoms with Crippen molar-refractivity contribution in [3.8, 4) is 0 Å². The minimum absolute atomic E-state index is 0.142. The van der Waals surface area contributed by atoms with Crippen molar-refractivity contribution in [3.05, 3.63) is 70.2 Å². The van der Waals surface area contributed by atoms with E-state index in [0.29, 0.717) is 12.5 Å². The lowest BCUT2D eigenvalue weighted by Gasteiger charge is -2.32. The highest BCUT2D eigenvalue weighted by Crippen LogP contribution is 2.18. The molecule has 0 bridgehead atoms. The number of nitrogens with zero attached hydrogens (tertiary/aromatic N) is 1. The maximum atomic E-state index is 12.3. The average molecular weight is 371 g/mol. The number of likely N-dealkylation sites (tertiary alicyclic amines) is 1. The normalized spacial score (nSPS) is 15.8. The van der Waals surface area contributed by atoms with E-state index in [1.807, 2.05) is 19.1 Å². The largest absolute Gasteiger partial charge is 0.353 e. The van der Waals surface area contributed by atoms with Gasteiger partial charge in [-0.25, -0.2) is 0 Å². The van der Waals surface area contributed by atoms with E-state index < -0.39 is 0 Å². The van der Waals surface area contributed by atoms with Crippen LogP contribution in [0, 0.1) is 6.92 Å². The van der Waals surface area contributed by atoms with Crippen LogP contribution >= 0.6 is 11.6 Å². The van der Waals surface area contributed by atoms with Gasteiger partial charge in [-0.1, -0.05) is 54.1 Å². The summed E-state index contributed by atoms with van der Waals surface area (Å²) in [7, 11) is 0. The summed E-state index contributed by atoms with van der Waals surface area (Å²) in [6, 6.07) is 16.9. The van der Waals surface area contributed by atoms with E-state index in [9.17, 15) is 4.79 Å². The van der Waals surface area contributed by atoms with E-state index in [2.05, 4.69) is 46.6 Å². The molecule has 1 aliphatic rings. The Morgan fingerprint density at radius 2 is 1.85 bits per heavy atom. The van der Waals surface area contributed by atoms with Gasteiger partial charge in [-0.15, -0.1) is 0 Å². The highest BCUT2D eigenvalue weighted by atomic mass is 35.5. The maximum absolute atomic E-state index is 12.3. The number of amides is 1. The SMILES string of the molecule is Cc1ccc(CCC(=O)NC2CCN(Cc3ccccc3)CC2)cc1Cl. The van der Waals surface area contributed by atoms with E-state index >= 15 is 0 Å². The lowest BCUT2D eigenvalue weighted by molar-refractivity contribution is -0.122. The standard InChI is InChI=1S/C22H27ClN2O/c1-17-7-8-18(15-21(17)23)9-10-22(26)24-20-11-13-25(14-12-20)16-19-5-3-2-4-6-19/h2-8,15,20H,9-14,16H2,1H3,(H,24,26). The van der Waals surface area contributed by atoms with Crippen LogP contribution in [0.15, 0.2) is 48.5 Å². The minimum Gasteiger partial charge on any atom is -0.353 e. The van der Waals surface area contributed by atoms with Gasteiger partial charge in [0.05, 0.1) is 0 Å². The van der Waals surface area contributed by atoms with Crippen molar-refractivity contribution < 1.29 is 4.79 Å². The number of piperidine rings is 1. The van der Waals surface area contributed by atoms with Gasteiger partial charge in [0, 0.05) is 37.1 Å². The molecule has 1 aliphatic heterocycles. The zero-order valence-electron chi connectivity index (χ0n) is 15.4. The Kier molecular flexibility index (Phi) is 6.70. The van der Waals surface area contributed by atoms with Crippen molar-refractivity contribution in [1.82, 2.24) is 10.2 Å². The Labute approximate surface area is 161 Å². The van der Waals surface area contributed by atoms with Crippen LogP contribution in [-0.2, 0) is 17.8 Å². The maximum Gasteiger partial charge on any atom is 0.220 e. The van der Waals surface area contributed by atoms with E-state index in [-0.39, 0.29) is 5.91 Å². The van der Waals surface area contributed by atoms with Gasteiger partial charge >= 0.3 is 0 Å². The van der Waals surface area contributed by atoms with Gasteiger partial charge in [-0.3, -0.25) is 9.69 Å². The molecule has 0 radical (unpaired) electrons. The number of nitrogens with one attached hydrogen (secondary N) is 1. The number of hydrogen-bond acceptors (Lipinski definition) is 2. The molecule has 0 spiro atoms. The third-order valence-electron chi connectivity index (χ3n) is 5.08. The van der Waals surface area contributed by atoms with Crippen LogP contribution in [0.3, 0.4) is 0 Å². The van der Waals surface area contributed by atoms with Gasteiger partial charge in [0.25, 0.3) is 0 Å². The Bertz CT molecular complexity index is 724. The summed E-state index contributed by atoms with van der Waals surface area (Å²) in [5.41, 5.74) is 3.54. The van der Waals surface area contributed by atoms with Crippen LogP contribution < -0.4 is 5.32 Å². The first-order valence-electron chi connectivity index (χ1n) is 9.41. The first-order chi connectivity index (χ1) is 12.6. The number of aryl methyl sites for hydroxylation is 2. The zero-order chi connectivity index (χ0) is 18.4. The fourth-order valence-corrected chi connectivity index (χ4v) is 3.63. The van der Waals surface area contributed by atoms with E-state index in [4.69, 9.17) is 11.6 Å². The second kappa shape index (κ2) is 9.20. The molecule has 0 saturated carbocycles. The molecule has 2 aromatic carbocycles. The van der Waals surface area contributed by atoms with Crippen LogP contribution in [0.1, 0.15) is 36.0 Å². The molecule has 0 atom stereocenters. The molecule has 1 N–H and O–H groups in total. The number of carbonyl (C=O) groups excluding carboxylic acids is 1. The molecule has 1 saturated heterocycles. The topological polar surface area (TPSA) is 32.3 Å². The molecule has 26 heavy (non-hydrogen) atoms. The van der Waals surface area contributed by atoms with Crippen LogP contribution in [-0.4, -0.2) is 29.9 Å². The molecule has 1 fully saturated rings. The Morgan fingerprint density at radius 3 is 2.54 bits per heavy atom. The average Bonchev–Trinajstić information content (AvgIpc) is 2.65. The van der Waals surface area contributed by atoms with Crippen LogP contribution in [0.25, 0.3) is 0 Å². The highest BCUT2D eigenvalue weighted by Gasteiger charge is 2.20. The lowest BCUT2D eigenvalue weighted by atomic mass is 10.0. The van der Waals surface area contributed by atoms with Crippen molar-refractivity contribution >= 4 is 17.5 Å². The molecule has 0 aromatic heterocycles. The molecule has 2 aromatic rings. The predicted octanol–water partition coefficient (Wildman–Crippen LogP) is 4.36. The highest BCUT2D eigenvalue weighted by molar-refractivity contribution is 6.31. The quantitative estimate of drug-likeness (QED) is 0.819. The van der Waals surface area contributed by atoms with Gasteiger partial charge in [-0.2, -0.15) is 0 Å². The molecule has 138 valence electrons. The Morgan fingerprint density at radius 1 is 1.12 bits per heavy atom. The van der Waals surface area contributed by atoms with E-state index in [0.717, 1.165) is 55.0 Å². The molecule has 4 heteroatoms. The number of rotatable bonds is 6. The monoisotopic (exact) mass is 370 g/mol. The summed E-state index contributed by atoms with van der Waals surface area (Å²) in [6.45, 7) is 5.06. The van der Waals surface area contributed by atoms with Crippen LogP contribution in [0.2, 0.25) is 5.02 Å². The third-order valence-corrected chi connectivity index (χ3v) is 5.49. The molecule has 3 nitrogen and oxygen atoms in total. The Hall–Kier alpha value is -1.84. The van der Waals surface area contributed by atoms with Crippen molar-refractivity contribution in [2.75, 3.05) is 13.1 Å². The van der Waals surface area contributed by atoms with Crippen molar-refractivity contribution in [2.24, 2.45) is 0 Å². The minimum atomic E-state index is 0.142. The Balaban J connectivity index is 1.38. The smallest absolute Gasteiger partial charge is 0.220 e. The number of carbonyl (C=O) groups is 1. The van der Waals surface area contributed by atoms with Crippen LogP contribution in [0.4, 0.5) is 0 Å². The molecule has 1 amide bonds. The number of benzene rings is 2.